The molecule has 10 heteroatoms. The van der Waals surface area contributed by atoms with E-state index in [0.717, 1.165) is 24.1 Å². The quantitative estimate of drug-likeness (QED) is 0.385. The highest BCUT2D eigenvalue weighted by Crippen LogP contribution is 2.39. The summed E-state index contributed by atoms with van der Waals surface area (Å²) in [6.45, 7) is 3.03. The highest BCUT2D eigenvalue weighted by atomic mass is 19.1. The molecule has 3 aromatic rings. The number of nitrogens with two attached hydrogens (primary N) is 1. The second-order valence-corrected chi connectivity index (χ2v) is 8.40. The van der Waals surface area contributed by atoms with Crippen molar-refractivity contribution in [3.05, 3.63) is 35.9 Å². The minimum Gasteiger partial charge on any atom is -0.474 e. The number of rotatable bonds is 3. The lowest BCUT2D eigenvalue weighted by molar-refractivity contribution is 0.151. The zero-order valence-corrected chi connectivity index (χ0v) is 18.1. The molecule has 1 aromatic carbocycles. The highest BCUT2D eigenvalue weighted by molar-refractivity contribution is 6.00. The summed E-state index contributed by atoms with van der Waals surface area (Å²) in [5.41, 5.74) is 8.53. The Bertz CT molecular complexity index is 1250. The van der Waals surface area contributed by atoms with Crippen molar-refractivity contribution in [2.75, 3.05) is 29.5 Å². The summed E-state index contributed by atoms with van der Waals surface area (Å²) < 4.78 is 20.8. The van der Waals surface area contributed by atoms with Gasteiger partial charge in [0.25, 0.3) is 0 Å². The number of aliphatic hydroxyl groups is 1. The molecule has 0 bridgehead atoms. The predicted octanol–water partition coefficient (Wildman–Crippen LogP) is 3.17. The molecule has 9 nitrogen and oxygen atoms in total. The first-order valence-electron chi connectivity index (χ1n) is 10.9. The maximum Gasteiger partial charge on any atom is 0.320 e. The number of hydrogen-bond acceptors (Lipinski definition) is 7. The number of amides is 2. The van der Waals surface area contributed by atoms with Gasteiger partial charge in [0, 0.05) is 35.5 Å². The van der Waals surface area contributed by atoms with Gasteiger partial charge in [-0.1, -0.05) is 0 Å². The van der Waals surface area contributed by atoms with Gasteiger partial charge in [-0.3, -0.25) is 5.32 Å². The largest absolute Gasteiger partial charge is 0.474 e. The number of fused-ring (bicyclic) bond motifs is 2. The van der Waals surface area contributed by atoms with Gasteiger partial charge in [-0.05, 0) is 49.3 Å². The molecule has 0 saturated heterocycles. The lowest BCUT2D eigenvalue weighted by Gasteiger charge is -2.22. The van der Waals surface area contributed by atoms with Crippen molar-refractivity contribution in [2.24, 2.45) is 0 Å². The Hall–Kier alpha value is -3.66. The maximum absolute atomic E-state index is 15.3. The van der Waals surface area contributed by atoms with Crippen LogP contribution in [0.3, 0.4) is 0 Å². The van der Waals surface area contributed by atoms with Crippen LogP contribution in [0.5, 0.6) is 5.88 Å². The van der Waals surface area contributed by atoms with Gasteiger partial charge in [-0.2, -0.15) is 0 Å². The van der Waals surface area contributed by atoms with Crippen LogP contribution in [0.15, 0.2) is 24.5 Å². The fourth-order valence-corrected chi connectivity index (χ4v) is 4.48. The lowest BCUT2D eigenvalue weighted by Crippen LogP contribution is -2.42. The van der Waals surface area contributed by atoms with Gasteiger partial charge < -0.3 is 26.2 Å². The first-order valence-corrected chi connectivity index (χ1v) is 10.9. The van der Waals surface area contributed by atoms with E-state index in [2.05, 4.69) is 25.9 Å². The van der Waals surface area contributed by atoms with Crippen LogP contribution in [0.2, 0.25) is 0 Å². The van der Waals surface area contributed by atoms with E-state index in [9.17, 15) is 9.90 Å². The minimum atomic E-state index is -0.556. The smallest absolute Gasteiger partial charge is 0.320 e. The zero-order valence-electron chi connectivity index (χ0n) is 18.1. The normalized spacial score (nSPS) is 19.5. The Kier molecular flexibility index (Phi) is 5.37. The monoisotopic (exact) mass is 452 g/mol. The van der Waals surface area contributed by atoms with E-state index in [1.807, 2.05) is 6.92 Å². The Labute approximate surface area is 189 Å². The molecule has 0 radical (unpaired) electrons. The minimum absolute atomic E-state index is 0.0265. The Morgan fingerprint density at radius 2 is 2.12 bits per heavy atom. The Morgan fingerprint density at radius 1 is 1.27 bits per heavy atom. The predicted molar refractivity (Wildman–Crippen MR) is 124 cm³/mol. The number of anilines is 3. The number of urea groups is 1. The van der Waals surface area contributed by atoms with Gasteiger partial charge in [0.1, 0.15) is 18.1 Å². The first-order chi connectivity index (χ1) is 15.9. The van der Waals surface area contributed by atoms with Gasteiger partial charge in [0.2, 0.25) is 5.88 Å². The third kappa shape index (κ3) is 3.86. The summed E-state index contributed by atoms with van der Waals surface area (Å²) in [5.74, 6) is 0.227. The van der Waals surface area contributed by atoms with Crippen LogP contribution in [0.25, 0.3) is 21.9 Å². The maximum atomic E-state index is 15.3. The molecular weight excluding hydrogens is 427 g/mol. The first kappa shape index (κ1) is 21.2. The van der Waals surface area contributed by atoms with Crippen molar-refractivity contribution in [1.82, 2.24) is 15.3 Å². The molecule has 5 rings (SSSR count). The fourth-order valence-electron chi connectivity index (χ4n) is 4.48. The van der Waals surface area contributed by atoms with Gasteiger partial charge in [-0.15, -0.1) is 0 Å². The number of aliphatic hydroxyl groups excluding tert-OH is 1. The number of nitrogen functional groups attached to an aromatic ring is 1. The van der Waals surface area contributed by atoms with Crippen LogP contribution in [-0.4, -0.2) is 46.4 Å². The van der Waals surface area contributed by atoms with Crippen molar-refractivity contribution in [3.8, 4) is 17.0 Å². The van der Waals surface area contributed by atoms with Gasteiger partial charge >= 0.3 is 6.03 Å². The van der Waals surface area contributed by atoms with Crippen molar-refractivity contribution < 1.29 is 19.0 Å². The van der Waals surface area contributed by atoms with Crippen molar-refractivity contribution >= 4 is 34.0 Å². The van der Waals surface area contributed by atoms with Crippen LogP contribution < -0.4 is 26.4 Å². The fraction of sp³-hybridized carbons (Fsp3) is 0.348. The summed E-state index contributed by atoms with van der Waals surface area (Å²) in [7, 11) is 0. The molecule has 1 fully saturated rings. The number of benzene rings is 1. The number of nitrogens with one attached hydrogen (secondary N) is 3. The van der Waals surface area contributed by atoms with Crippen molar-refractivity contribution in [3.63, 3.8) is 0 Å². The van der Waals surface area contributed by atoms with Crippen LogP contribution >= 0.6 is 0 Å². The second-order valence-electron chi connectivity index (χ2n) is 8.40. The third-order valence-corrected chi connectivity index (χ3v) is 6.27. The van der Waals surface area contributed by atoms with E-state index in [-0.39, 0.29) is 11.7 Å². The molecule has 2 amide bonds. The summed E-state index contributed by atoms with van der Waals surface area (Å²) in [6, 6.07) is 2.58. The molecule has 2 atom stereocenters. The number of ether oxygens (including phenoxy) is 1. The van der Waals surface area contributed by atoms with Crippen molar-refractivity contribution in [2.45, 2.75) is 38.3 Å². The molecule has 1 aliphatic heterocycles. The van der Waals surface area contributed by atoms with Gasteiger partial charge in [0.05, 0.1) is 17.8 Å². The van der Waals surface area contributed by atoms with Crippen LogP contribution in [0.4, 0.5) is 26.4 Å². The van der Waals surface area contributed by atoms with E-state index < -0.39 is 18.0 Å². The number of halogens is 1. The zero-order chi connectivity index (χ0) is 23.1. The number of carbonyl (C=O) groups excluding carboxylic acids is 1. The van der Waals surface area contributed by atoms with E-state index in [4.69, 9.17) is 10.5 Å². The molecule has 172 valence electrons. The van der Waals surface area contributed by atoms with E-state index in [1.54, 1.807) is 18.3 Å². The van der Waals surface area contributed by atoms with Crippen LogP contribution in [0, 0.1) is 12.7 Å². The van der Waals surface area contributed by atoms with Gasteiger partial charge in [-0.25, -0.2) is 19.2 Å². The second kappa shape index (κ2) is 8.36. The number of carbonyl (C=O) groups is 1. The number of aromatic nitrogens is 2. The summed E-state index contributed by atoms with van der Waals surface area (Å²) >= 11 is 0. The summed E-state index contributed by atoms with van der Waals surface area (Å²) in [6.07, 6.45) is 4.74. The van der Waals surface area contributed by atoms with Crippen LogP contribution in [-0.2, 0) is 0 Å². The van der Waals surface area contributed by atoms with Crippen molar-refractivity contribution in [1.29, 1.82) is 0 Å². The molecule has 33 heavy (non-hydrogen) atoms. The van der Waals surface area contributed by atoms with Crippen LogP contribution in [0.1, 0.15) is 24.8 Å². The average molecular weight is 452 g/mol. The highest BCUT2D eigenvalue weighted by Gasteiger charge is 2.27. The van der Waals surface area contributed by atoms with E-state index in [1.165, 1.54) is 6.20 Å². The number of hydrogen-bond donors (Lipinski definition) is 5. The summed E-state index contributed by atoms with van der Waals surface area (Å²) in [4.78, 5) is 20.9. The molecular formula is C23H25FN6O3. The topological polar surface area (TPSA) is 134 Å². The molecule has 0 unspecified atom stereocenters. The standard InChI is InChI=1S/C23H25FN6O3/c1-11-14(9-28-22-21(11)26-5-6-33-22)13-7-12-8-18(27-10-15(12)20(25)19(13)24)30-23(32)29-16-3-2-4-17(16)31/h7-10,16-17,26,31H,2-6,25H2,1H3,(H2,27,29,30,32)/t16-,17+/m0/s1. The van der Waals surface area contributed by atoms with E-state index >= 15 is 4.39 Å². The molecule has 1 saturated carbocycles. The molecule has 3 heterocycles. The summed E-state index contributed by atoms with van der Waals surface area (Å²) in [5, 5.41) is 19.7. The average Bonchev–Trinajstić information content (AvgIpc) is 3.21. The lowest BCUT2D eigenvalue weighted by atomic mass is 9.97. The molecule has 2 aliphatic rings. The third-order valence-electron chi connectivity index (χ3n) is 6.27. The number of pyridine rings is 2. The SMILES string of the molecule is Cc1c(-c2cc3cc(NC(=O)N[C@H]4CCC[C@H]4O)ncc3c(N)c2F)cnc2c1NCCO2. The van der Waals surface area contributed by atoms with Gasteiger partial charge in [0.15, 0.2) is 5.82 Å². The molecule has 0 spiro atoms. The Balaban J connectivity index is 1.48. The molecule has 1 aliphatic carbocycles. The number of nitrogens with zero attached hydrogens (tertiary/aromatic N) is 2. The van der Waals surface area contributed by atoms with E-state index in [0.29, 0.717) is 53.2 Å². The molecule has 2 aromatic heterocycles. The molecule has 6 N–H and O–H groups in total. The Morgan fingerprint density at radius 3 is 2.91 bits per heavy atom.